The molecule has 0 aliphatic rings. The Hall–Kier alpha value is -2.90. The first kappa shape index (κ1) is 20.8. The van der Waals surface area contributed by atoms with E-state index in [-0.39, 0.29) is 5.91 Å². The Balaban J connectivity index is 1.71. The van der Waals surface area contributed by atoms with E-state index in [0.717, 1.165) is 21.7 Å². The normalized spacial score (nSPS) is 10.6. The predicted molar refractivity (Wildman–Crippen MR) is 114 cm³/mol. The lowest BCUT2D eigenvalue weighted by atomic mass is 10.1. The minimum absolute atomic E-state index is 0.132. The van der Waals surface area contributed by atoms with Crippen LogP contribution in [0.4, 0.5) is 0 Å². The summed E-state index contributed by atoms with van der Waals surface area (Å²) in [5, 5.41) is 3.73. The molecule has 29 heavy (non-hydrogen) atoms. The highest BCUT2D eigenvalue weighted by atomic mass is 32.1. The monoisotopic (exact) mass is 412 g/mol. The largest absolute Gasteiger partial charge is 0.493 e. The van der Waals surface area contributed by atoms with Crippen LogP contribution in [-0.4, -0.2) is 32.2 Å². The number of methoxy groups -OCH3 is 3. The second-order valence-corrected chi connectivity index (χ2v) is 7.43. The number of thiazole rings is 1. The Kier molecular flexibility index (Phi) is 6.85. The Labute approximate surface area is 174 Å². The first-order valence-electron chi connectivity index (χ1n) is 9.10. The van der Waals surface area contributed by atoms with E-state index >= 15 is 0 Å². The molecule has 0 aliphatic carbocycles. The molecular formula is C22H24N2O4S. The number of ether oxygens (including phenoxy) is 3. The minimum Gasteiger partial charge on any atom is -0.493 e. The lowest BCUT2D eigenvalue weighted by molar-refractivity contribution is 0.0954. The molecule has 2 aromatic carbocycles. The first-order chi connectivity index (χ1) is 14.0. The number of rotatable bonds is 8. The standard InChI is InChI=1S/C22H24N2O4S/c1-14-20(21(25)23-12-15-5-7-16(8-6-15)13-26-2)29-22(24-14)17-9-10-18(27-3)19(11-17)28-4/h5-11H,12-13H2,1-4H3,(H,23,25). The molecule has 1 amide bonds. The van der Waals surface area contributed by atoms with E-state index in [4.69, 9.17) is 14.2 Å². The molecule has 152 valence electrons. The second kappa shape index (κ2) is 9.54. The fraction of sp³-hybridized carbons (Fsp3) is 0.273. The molecule has 6 nitrogen and oxygen atoms in total. The van der Waals surface area contributed by atoms with Crippen LogP contribution in [-0.2, 0) is 17.9 Å². The quantitative estimate of drug-likeness (QED) is 0.600. The number of hydrogen-bond donors (Lipinski definition) is 1. The van der Waals surface area contributed by atoms with Gasteiger partial charge in [0, 0.05) is 19.2 Å². The van der Waals surface area contributed by atoms with Crippen LogP contribution in [0.2, 0.25) is 0 Å². The molecule has 0 fully saturated rings. The molecule has 0 spiro atoms. The van der Waals surface area contributed by atoms with Crippen molar-refractivity contribution < 1.29 is 19.0 Å². The number of carbonyl (C=O) groups excluding carboxylic acids is 1. The number of hydrogen-bond acceptors (Lipinski definition) is 6. The summed E-state index contributed by atoms with van der Waals surface area (Å²) in [6.45, 7) is 2.87. The van der Waals surface area contributed by atoms with Crippen molar-refractivity contribution in [2.24, 2.45) is 0 Å². The highest BCUT2D eigenvalue weighted by Crippen LogP contribution is 2.35. The van der Waals surface area contributed by atoms with Crippen LogP contribution in [0.25, 0.3) is 10.6 Å². The van der Waals surface area contributed by atoms with Crippen molar-refractivity contribution in [1.29, 1.82) is 0 Å². The van der Waals surface area contributed by atoms with Crippen LogP contribution in [0.1, 0.15) is 26.5 Å². The molecule has 0 saturated heterocycles. The van der Waals surface area contributed by atoms with Crippen LogP contribution in [0, 0.1) is 6.92 Å². The van der Waals surface area contributed by atoms with E-state index in [0.29, 0.717) is 35.2 Å². The average molecular weight is 413 g/mol. The topological polar surface area (TPSA) is 69.7 Å². The van der Waals surface area contributed by atoms with Crippen molar-refractivity contribution in [2.45, 2.75) is 20.1 Å². The summed E-state index contributed by atoms with van der Waals surface area (Å²) in [4.78, 5) is 17.8. The number of amides is 1. The van der Waals surface area contributed by atoms with Gasteiger partial charge in [0.05, 0.1) is 26.5 Å². The maximum absolute atomic E-state index is 12.7. The van der Waals surface area contributed by atoms with Crippen LogP contribution >= 0.6 is 11.3 Å². The van der Waals surface area contributed by atoms with Crippen LogP contribution in [0.5, 0.6) is 11.5 Å². The Morgan fingerprint density at radius 1 is 1.00 bits per heavy atom. The van der Waals surface area contributed by atoms with Crippen LogP contribution in [0.3, 0.4) is 0 Å². The molecule has 0 saturated carbocycles. The van der Waals surface area contributed by atoms with Gasteiger partial charge in [-0.05, 0) is 36.2 Å². The predicted octanol–water partition coefficient (Wildman–Crippen LogP) is 4.21. The molecule has 0 aliphatic heterocycles. The molecule has 1 aromatic heterocycles. The van der Waals surface area contributed by atoms with E-state index in [9.17, 15) is 4.79 Å². The number of aryl methyl sites for hydroxylation is 1. The highest BCUT2D eigenvalue weighted by molar-refractivity contribution is 7.17. The van der Waals surface area contributed by atoms with Gasteiger partial charge in [-0.2, -0.15) is 0 Å². The average Bonchev–Trinajstić information content (AvgIpc) is 3.14. The summed E-state index contributed by atoms with van der Waals surface area (Å²) in [7, 11) is 4.86. The van der Waals surface area contributed by atoms with E-state index in [1.807, 2.05) is 49.4 Å². The van der Waals surface area contributed by atoms with Crippen molar-refractivity contribution in [1.82, 2.24) is 10.3 Å². The third-order valence-corrected chi connectivity index (χ3v) is 5.63. The number of nitrogens with one attached hydrogen (secondary N) is 1. The van der Waals surface area contributed by atoms with E-state index in [1.54, 1.807) is 21.3 Å². The molecule has 0 unspecified atom stereocenters. The number of carbonyl (C=O) groups is 1. The van der Waals surface area contributed by atoms with E-state index in [2.05, 4.69) is 10.3 Å². The summed E-state index contributed by atoms with van der Waals surface area (Å²) in [6, 6.07) is 13.6. The van der Waals surface area contributed by atoms with Gasteiger partial charge in [0.25, 0.3) is 5.91 Å². The van der Waals surface area contributed by atoms with Gasteiger partial charge in [0.2, 0.25) is 0 Å². The molecule has 0 radical (unpaired) electrons. The molecule has 1 heterocycles. The van der Waals surface area contributed by atoms with Gasteiger partial charge in [-0.25, -0.2) is 4.98 Å². The lowest BCUT2D eigenvalue weighted by Crippen LogP contribution is -2.22. The first-order valence-corrected chi connectivity index (χ1v) is 9.92. The van der Waals surface area contributed by atoms with Crippen molar-refractivity contribution in [3.05, 3.63) is 64.2 Å². The third kappa shape index (κ3) is 4.93. The van der Waals surface area contributed by atoms with E-state index < -0.39 is 0 Å². The van der Waals surface area contributed by atoms with Crippen molar-refractivity contribution in [2.75, 3.05) is 21.3 Å². The van der Waals surface area contributed by atoms with Gasteiger partial charge < -0.3 is 19.5 Å². The van der Waals surface area contributed by atoms with Gasteiger partial charge in [0.1, 0.15) is 9.88 Å². The lowest BCUT2D eigenvalue weighted by Gasteiger charge is -2.08. The molecular weight excluding hydrogens is 388 g/mol. The maximum atomic E-state index is 12.7. The molecule has 0 atom stereocenters. The van der Waals surface area contributed by atoms with Gasteiger partial charge >= 0.3 is 0 Å². The Morgan fingerprint density at radius 2 is 1.69 bits per heavy atom. The van der Waals surface area contributed by atoms with Crippen LogP contribution in [0.15, 0.2) is 42.5 Å². The zero-order valence-electron chi connectivity index (χ0n) is 16.9. The number of nitrogens with zero attached hydrogens (tertiary/aromatic N) is 1. The maximum Gasteiger partial charge on any atom is 0.263 e. The summed E-state index contributed by atoms with van der Waals surface area (Å²) < 4.78 is 15.7. The van der Waals surface area contributed by atoms with Crippen molar-refractivity contribution >= 4 is 17.2 Å². The number of aromatic nitrogens is 1. The molecule has 3 rings (SSSR count). The highest BCUT2D eigenvalue weighted by Gasteiger charge is 2.17. The third-order valence-electron chi connectivity index (χ3n) is 4.42. The Morgan fingerprint density at radius 3 is 2.34 bits per heavy atom. The molecule has 7 heteroatoms. The SMILES string of the molecule is COCc1ccc(CNC(=O)c2sc(-c3ccc(OC)c(OC)c3)nc2C)cc1. The van der Waals surface area contributed by atoms with Gasteiger partial charge in [0.15, 0.2) is 11.5 Å². The zero-order chi connectivity index (χ0) is 20.8. The zero-order valence-corrected chi connectivity index (χ0v) is 17.8. The van der Waals surface area contributed by atoms with Crippen molar-refractivity contribution in [3.8, 4) is 22.1 Å². The second-order valence-electron chi connectivity index (χ2n) is 6.44. The summed E-state index contributed by atoms with van der Waals surface area (Å²) in [5.41, 5.74) is 3.71. The minimum atomic E-state index is -0.132. The molecule has 1 N–H and O–H groups in total. The Bertz CT molecular complexity index is 983. The molecule has 3 aromatic rings. The number of benzene rings is 2. The van der Waals surface area contributed by atoms with Crippen LogP contribution < -0.4 is 14.8 Å². The van der Waals surface area contributed by atoms with E-state index in [1.165, 1.54) is 11.3 Å². The summed E-state index contributed by atoms with van der Waals surface area (Å²) in [5.74, 6) is 1.15. The smallest absolute Gasteiger partial charge is 0.263 e. The van der Waals surface area contributed by atoms with Gasteiger partial charge in [-0.3, -0.25) is 4.79 Å². The van der Waals surface area contributed by atoms with Gasteiger partial charge in [-0.15, -0.1) is 11.3 Å². The fourth-order valence-electron chi connectivity index (χ4n) is 2.88. The fourth-order valence-corrected chi connectivity index (χ4v) is 3.86. The van der Waals surface area contributed by atoms with Crippen molar-refractivity contribution in [3.63, 3.8) is 0 Å². The molecule has 0 bridgehead atoms. The summed E-state index contributed by atoms with van der Waals surface area (Å²) >= 11 is 1.36. The van der Waals surface area contributed by atoms with Gasteiger partial charge in [-0.1, -0.05) is 24.3 Å². The summed E-state index contributed by atoms with van der Waals surface area (Å²) in [6.07, 6.45) is 0.